The topological polar surface area (TPSA) is 44.2 Å². The fourth-order valence-electron chi connectivity index (χ4n) is 5.27. The number of ether oxygens (including phenoxy) is 2. The Hall–Kier alpha value is -2.95. The minimum absolute atomic E-state index is 0.101. The molecule has 0 aliphatic heterocycles. The highest BCUT2D eigenvalue weighted by atomic mass is 19.1. The molecule has 3 aromatic rings. The summed E-state index contributed by atoms with van der Waals surface area (Å²) in [7, 11) is 0. The van der Waals surface area contributed by atoms with Gasteiger partial charge in [-0.05, 0) is 54.8 Å². The lowest BCUT2D eigenvalue weighted by molar-refractivity contribution is 0.184. The molecule has 0 aliphatic rings. The van der Waals surface area contributed by atoms with Crippen LogP contribution in [-0.2, 0) is 0 Å². The maximum atomic E-state index is 14.3. The van der Waals surface area contributed by atoms with E-state index in [1.165, 1.54) is 83.5 Å². The number of unbranched alkanes of at least 4 members (excludes halogenated alkanes) is 14. The first-order chi connectivity index (χ1) is 21.2. The van der Waals surface area contributed by atoms with E-state index in [4.69, 9.17) is 9.47 Å². The molecule has 0 fully saturated rings. The van der Waals surface area contributed by atoms with Gasteiger partial charge in [0.15, 0.2) is 5.82 Å². The smallest absolute Gasteiger partial charge is 0.159 e. The maximum absolute atomic E-state index is 14.3. The van der Waals surface area contributed by atoms with Gasteiger partial charge >= 0.3 is 0 Å². The third-order valence-electron chi connectivity index (χ3n) is 8.02. The van der Waals surface area contributed by atoms with Crippen molar-refractivity contribution < 1.29 is 13.9 Å². The molecule has 1 unspecified atom stereocenters. The predicted molar refractivity (Wildman–Crippen MR) is 179 cm³/mol. The molecule has 0 saturated heterocycles. The molecule has 43 heavy (non-hydrogen) atoms. The molecule has 2 aromatic carbocycles. The summed E-state index contributed by atoms with van der Waals surface area (Å²) in [4.78, 5) is 9.16. The van der Waals surface area contributed by atoms with E-state index in [1.807, 2.05) is 48.8 Å². The van der Waals surface area contributed by atoms with Crippen molar-refractivity contribution in [2.45, 2.75) is 129 Å². The highest BCUT2D eigenvalue weighted by Crippen LogP contribution is 2.25. The van der Waals surface area contributed by atoms with Gasteiger partial charge in [0, 0.05) is 23.5 Å². The number of alkyl halides is 1. The summed E-state index contributed by atoms with van der Waals surface area (Å²) in [5.74, 6) is 2.22. The third kappa shape index (κ3) is 14.4. The van der Waals surface area contributed by atoms with E-state index in [-0.39, 0.29) is 6.61 Å². The number of benzene rings is 2. The monoisotopic (exact) mass is 590 g/mol. The van der Waals surface area contributed by atoms with Gasteiger partial charge in [-0.25, -0.2) is 14.4 Å². The Labute approximate surface area is 260 Å². The normalized spacial score (nSPS) is 11.9. The van der Waals surface area contributed by atoms with Crippen LogP contribution in [0.5, 0.6) is 11.5 Å². The van der Waals surface area contributed by atoms with Crippen molar-refractivity contribution in [2.75, 3.05) is 13.2 Å². The van der Waals surface area contributed by atoms with E-state index in [0.717, 1.165) is 48.3 Å². The van der Waals surface area contributed by atoms with Crippen molar-refractivity contribution in [1.82, 2.24) is 9.97 Å². The van der Waals surface area contributed by atoms with E-state index in [0.29, 0.717) is 18.0 Å². The second-order valence-electron chi connectivity index (χ2n) is 11.8. The first kappa shape index (κ1) is 34.5. The molecule has 0 radical (unpaired) electrons. The molecule has 0 saturated carbocycles. The lowest BCUT2D eigenvalue weighted by Crippen LogP contribution is -2.12. The van der Waals surface area contributed by atoms with E-state index in [9.17, 15) is 4.39 Å². The Bertz CT molecular complexity index is 1090. The average molecular weight is 591 g/mol. The van der Waals surface area contributed by atoms with Crippen LogP contribution in [0.2, 0.25) is 0 Å². The molecule has 1 atom stereocenters. The van der Waals surface area contributed by atoms with Gasteiger partial charge < -0.3 is 9.47 Å². The Morgan fingerprint density at radius 3 is 1.56 bits per heavy atom. The minimum Gasteiger partial charge on any atom is -0.494 e. The van der Waals surface area contributed by atoms with Gasteiger partial charge in [-0.3, -0.25) is 0 Å². The Morgan fingerprint density at radius 1 is 0.535 bits per heavy atom. The van der Waals surface area contributed by atoms with Crippen LogP contribution in [0.15, 0.2) is 60.9 Å². The van der Waals surface area contributed by atoms with Crippen LogP contribution >= 0.6 is 0 Å². The van der Waals surface area contributed by atoms with Crippen molar-refractivity contribution in [3.63, 3.8) is 0 Å². The predicted octanol–water partition coefficient (Wildman–Crippen LogP) is 11.6. The lowest BCUT2D eigenvalue weighted by Gasteiger charge is -2.11. The summed E-state index contributed by atoms with van der Waals surface area (Å²) in [6.07, 6.45) is 23.5. The van der Waals surface area contributed by atoms with Gasteiger partial charge in [0.2, 0.25) is 0 Å². The fraction of sp³-hybridized carbons (Fsp3) is 0.579. The second kappa shape index (κ2) is 21.7. The number of rotatable bonds is 24. The Kier molecular flexibility index (Phi) is 17.4. The quantitative estimate of drug-likeness (QED) is 0.0973. The Morgan fingerprint density at radius 2 is 1.00 bits per heavy atom. The second-order valence-corrected chi connectivity index (χ2v) is 11.8. The summed E-state index contributed by atoms with van der Waals surface area (Å²) >= 11 is 0. The molecule has 0 aliphatic carbocycles. The molecule has 0 spiro atoms. The molecule has 236 valence electrons. The van der Waals surface area contributed by atoms with Gasteiger partial charge in [0.05, 0.1) is 6.61 Å². The molecule has 0 amide bonds. The van der Waals surface area contributed by atoms with Crippen LogP contribution in [0.25, 0.3) is 22.5 Å². The average Bonchev–Trinajstić information content (AvgIpc) is 3.05. The summed E-state index contributed by atoms with van der Waals surface area (Å²) in [6, 6.07) is 15.7. The van der Waals surface area contributed by atoms with E-state index < -0.39 is 6.17 Å². The number of hydrogen-bond donors (Lipinski definition) is 0. The van der Waals surface area contributed by atoms with Gasteiger partial charge in [-0.2, -0.15) is 0 Å². The van der Waals surface area contributed by atoms with Crippen LogP contribution in [-0.4, -0.2) is 29.4 Å². The van der Waals surface area contributed by atoms with E-state index in [2.05, 4.69) is 35.9 Å². The van der Waals surface area contributed by atoms with Gasteiger partial charge in [0.1, 0.15) is 24.3 Å². The fourth-order valence-corrected chi connectivity index (χ4v) is 5.27. The van der Waals surface area contributed by atoms with Crippen molar-refractivity contribution >= 4 is 0 Å². The molecule has 5 heteroatoms. The number of aromatic nitrogens is 2. The maximum Gasteiger partial charge on any atom is 0.159 e. The molecule has 1 heterocycles. The third-order valence-corrected chi connectivity index (χ3v) is 8.02. The largest absolute Gasteiger partial charge is 0.494 e. The highest BCUT2D eigenvalue weighted by molar-refractivity contribution is 5.64. The van der Waals surface area contributed by atoms with Crippen molar-refractivity contribution in [3.05, 3.63) is 60.9 Å². The zero-order valence-corrected chi connectivity index (χ0v) is 26.9. The van der Waals surface area contributed by atoms with Gasteiger partial charge in [-0.15, -0.1) is 0 Å². The van der Waals surface area contributed by atoms with Crippen LogP contribution in [0.3, 0.4) is 0 Å². The standard InChI is InChI=1S/C38H55FN2O2/c1-3-5-7-9-11-13-15-17-19-35(39)31-43-37-26-22-33(23-27-37)38-40-29-34(30-41-38)32-20-24-36(25-21-32)42-28-18-16-14-12-10-8-6-4-2/h20-27,29-30,35H,3-19,28,31H2,1-2H3. The number of halogens is 1. The van der Waals surface area contributed by atoms with Crippen LogP contribution in [0, 0.1) is 0 Å². The first-order valence-electron chi connectivity index (χ1n) is 17.1. The first-order valence-corrected chi connectivity index (χ1v) is 17.1. The zero-order chi connectivity index (χ0) is 30.4. The SMILES string of the molecule is CCCCCCCCCCOc1ccc(-c2cnc(-c3ccc(OCC(F)CCCCCCCCCC)cc3)nc2)cc1. The molecule has 0 N–H and O–H groups in total. The van der Waals surface area contributed by atoms with Gasteiger partial charge in [0.25, 0.3) is 0 Å². The van der Waals surface area contributed by atoms with Gasteiger partial charge in [-0.1, -0.05) is 122 Å². The molecule has 1 aromatic heterocycles. The van der Waals surface area contributed by atoms with Crippen molar-refractivity contribution in [2.24, 2.45) is 0 Å². The van der Waals surface area contributed by atoms with Crippen LogP contribution < -0.4 is 9.47 Å². The summed E-state index contributed by atoms with van der Waals surface area (Å²) in [5.41, 5.74) is 2.92. The number of nitrogens with zero attached hydrogens (tertiary/aromatic N) is 2. The summed E-state index contributed by atoms with van der Waals surface area (Å²) in [6.45, 7) is 5.36. The Balaban J connectivity index is 1.33. The molecule has 4 nitrogen and oxygen atoms in total. The van der Waals surface area contributed by atoms with Crippen molar-refractivity contribution in [1.29, 1.82) is 0 Å². The van der Waals surface area contributed by atoms with Crippen LogP contribution in [0.1, 0.15) is 123 Å². The van der Waals surface area contributed by atoms with E-state index in [1.54, 1.807) is 0 Å². The minimum atomic E-state index is -0.925. The summed E-state index contributed by atoms with van der Waals surface area (Å²) in [5, 5.41) is 0. The number of hydrogen-bond acceptors (Lipinski definition) is 4. The zero-order valence-electron chi connectivity index (χ0n) is 26.9. The molecular formula is C38H55FN2O2. The van der Waals surface area contributed by atoms with Crippen LogP contribution in [0.4, 0.5) is 4.39 Å². The molecular weight excluding hydrogens is 535 g/mol. The molecule has 0 bridgehead atoms. The van der Waals surface area contributed by atoms with Crippen molar-refractivity contribution in [3.8, 4) is 34.0 Å². The summed E-state index contributed by atoms with van der Waals surface area (Å²) < 4.78 is 25.9. The van der Waals surface area contributed by atoms with E-state index >= 15 is 0 Å². The highest BCUT2D eigenvalue weighted by Gasteiger charge is 2.09. The molecule has 3 rings (SSSR count). The lowest BCUT2D eigenvalue weighted by atomic mass is 10.1.